The summed E-state index contributed by atoms with van der Waals surface area (Å²) in [6.45, 7) is 3.74. The van der Waals surface area contributed by atoms with Gasteiger partial charge in [0.1, 0.15) is 5.75 Å². The largest absolute Gasteiger partial charge is 0.573 e. The molecule has 0 atom stereocenters. The van der Waals surface area contributed by atoms with E-state index in [2.05, 4.69) is 15.0 Å². The minimum absolute atomic E-state index is 0. The zero-order chi connectivity index (χ0) is 16.2. The summed E-state index contributed by atoms with van der Waals surface area (Å²) in [5, 5.41) is 2.66. The minimum Gasteiger partial charge on any atom is -0.406 e. The number of carbonyl (C=O) groups excluding carboxylic acids is 1. The van der Waals surface area contributed by atoms with Crippen LogP contribution in [0.4, 0.5) is 18.9 Å². The number of likely N-dealkylation sites (N-methyl/N-ethyl adjacent to an activating group) is 1. The number of halogens is 5. The van der Waals surface area contributed by atoms with Gasteiger partial charge in [-0.25, -0.2) is 0 Å². The molecule has 1 saturated heterocycles. The first-order chi connectivity index (χ1) is 10.3. The van der Waals surface area contributed by atoms with Crippen LogP contribution in [-0.2, 0) is 4.79 Å². The molecule has 0 radical (unpaired) electrons. The molecule has 0 bridgehead atoms. The van der Waals surface area contributed by atoms with Crippen LogP contribution in [0, 0.1) is 0 Å². The second-order valence-electron chi connectivity index (χ2n) is 5.20. The van der Waals surface area contributed by atoms with Crippen LogP contribution in [-0.4, -0.2) is 61.8 Å². The Morgan fingerprint density at radius 3 is 2.17 bits per heavy atom. The van der Waals surface area contributed by atoms with Crippen LogP contribution in [0.2, 0.25) is 0 Å². The maximum atomic E-state index is 12.0. The quantitative estimate of drug-likeness (QED) is 0.859. The Bertz CT molecular complexity index is 507. The van der Waals surface area contributed by atoms with Gasteiger partial charge >= 0.3 is 6.36 Å². The predicted molar refractivity (Wildman–Crippen MR) is 90.2 cm³/mol. The van der Waals surface area contributed by atoms with E-state index in [4.69, 9.17) is 0 Å². The molecule has 138 valence electrons. The molecule has 1 heterocycles. The number of carbonyl (C=O) groups is 1. The van der Waals surface area contributed by atoms with E-state index in [1.165, 1.54) is 24.3 Å². The van der Waals surface area contributed by atoms with Gasteiger partial charge in [0, 0.05) is 31.9 Å². The van der Waals surface area contributed by atoms with Crippen molar-refractivity contribution < 1.29 is 22.7 Å². The van der Waals surface area contributed by atoms with E-state index >= 15 is 0 Å². The zero-order valence-corrected chi connectivity index (χ0v) is 14.6. The topological polar surface area (TPSA) is 44.8 Å². The van der Waals surface area contributed by atoms with Crippen LogP contribution < -0.4 is 10.1 Å². The van der Waals surface area contributed by atoms with Crippen molar-refractivity contribution in [3.05, 3.63) is 24.3 Å². The fourth-order valence-electron chi connectivity index (χ4n) is 2.15. The summed E-state index contributed by atoms with van der Waals surface area (Å²) in [7, 11) is 2.03. The number of amides is 1. The van der Waals surface area contributed by atoms with Gasteiger partial charge in [0.15, 0.2) is 0 Å². The number of piperazine rings is 1. The van der Waals surface area contributed by atoms with Crippen molar-refractivity contribution in [1.29, 1.82) is 0 Å². The summed E-state index contributed by atoms with van der Waals surface area (Å²) in [6.07, 6.45) is -4.72. The lowest BCUT2D eigenvalue weighted by Crippen LogP contribution is -2.47. The van der Waals surface area contributed by atoms with Crippen LogP contribution in [0.1, 0.15) is 0 Å². The monoisotopic (exact) mass is 389 g/mol. The Kier molecular flexibility index (Phi) is 9.42. The molecular weight excluding hydrogens is 370 g/mol. The number of hydrogen-bond donors (Lipinski definition) is 1. The van der Waals surface area contributed by atoms with Gasteiger partial charge in [-0.15, -0.1) is 38.0 Å². The summed E-state index contributed by atoms with van der Waals surface area (Å²) in [6, 6.07) is 5.09. The molecule has 1 aliphatic rings. The highest BCUT2D eigenvalue weighted by Crippen LogP contribution is 2.23. The van der Waals surface area contributed by atoms with Crippen molar-refractivity contribution >= 4 is 36.4 Å². The van der Waals surface area contributed by atoms with Gasteiger partial charge in [-0.05, 0) is 31.3 Å². The second-order valence-corrected chi connectivity index (χ2v) is 5.20. The summed E-state index contributed by atoms with van der Waals surface area (Å²) in [5.74, 6) is -0.501. The predicted octanol–water partition coefficient (Wildman–Crippen LogP) is 2.61. The molecule has 10 heteroatoms. The lowest BCUT2D eigenvalue weighted by molar-refractivity contribution is -0.274. The number of alkyl halides is 3. The minimum atomic E-state index is -4.72. The van der Waals surface area contributed by atoms with E-state index in [-0.39, 0.29) is 43.0 Å². The Balaban J connectivity index is 0.00000264. The van der Waals surface area contributed by atoms with Gasteiger partial charge in [-0.2, -0.15) is 0 Å². The Morgan fingerprint density at radius 2 is 1.67 bits per heavy atom. The SMILES string of the molecule is CN1CCN(CC(=O)Nc2ccc(OC(F)(F)F)cc2)CC1.Cl.Cl. The van der Waals surface area contributed by atoms with Crippen LogP contribution >= 0.6 is 24.8 Å². The number of rotatable bonds is 4. The first-order valence-corrected chi connectivity index (χ1v) is 6.88. The van der Waals surface area contributed by atoms with Crippen LogP contribution in [0.5, 0.6) is 5.75 Å². The van der Waals surface area contributed by atoms with Gasteiger partial charge in [0.2, 0.25) is 5.91 Å². The molecule has 0 saturated carbocycles. The highest BCUT2D eigenvalue weighted by atomic mass is 35.5. The van der Waals surface area contributed by atoms with E-state index in [1.54, 1.807) is 0 Å². The maximum Gasteiger partial charge on any atom is 0.573 e. The molecule has 1 amide bonds. The van der Waals surface area contributed by atoms with Crippen LogP contribution in [0.15, 0.2) is 24.3 Å². The van der Waals surface area contributed by atoms with E-state index in [0.29, 0.717) is 5.69 Å². The van der Waals surface area contributed by atoms with Crippen molar-refractivity contribution in [2.24, 2.45) is 0 Å². The number of hydrogen-bond acceptors (Lipinski definition) is 4. The normalized spacial score (nSPS) is 15.8. The van der Waals surface area contributed by atoms with E-state index in [9.17, 15) is 18.0 Å². The molecule has 1 N–H and O–H groups in total. The standard InChI is InChI=1S/C14H18F3N3O2.2ClH/c1-19-6-8-20(9-7-19)10-13(21)18-11-2-4-12(5-3-11)22-14(15,16)17;;/h2-5H,6-10H2,1H3,(H,18,21);2*1H. The molecule has 0 spiro atoms. The smallest absolute Gasteiger partial charge is 0.406 e. The number of nitrogens with one attached hydrogen (secondary N) is 1. The van der Waals surface area contributed by atoms with Gasteiger partial charge in [-0.1, -0.05) is 0 Å². The third-order valence-corrected chi connectivity index (χ3v) is 3.33. The second kappa shape index (κ2) is 9.93. The van der Waals surface area contributed by atoms with Gasteiger partial charge in [0.05, 0.1) is 6.54 Å². The Morgan fingerprint density at radius 1 is 1.12 bits per heavy atom. The fourth-order valence-corrected chi connectivity index (χ4v) is 2.15. The van der Waals surface area contributed by atoms with Gasteiger partial charge in [-0.3, -0.25) is 9.69 Å². The van der Waals surface area contributed by atoms with E-state index in [0.717, 1.165) is 26.2 Å². The highest BCUT2D eigenvalue weighted by molar-refractivity contribution is 5.92. The third-order valence-electron chi connectivity index (χ3n) is 3.33. The average Bonchev–Trinajstić information content (AvgIpc) is 2.42. The lowest BCUT2D eigenvalue weighted by atomic mass is 10.3. The van der Waals surface area contributed by atoms with Crippen molar-refractivity contribution in [3.8, 4) is 5.75 Å². The van der Waals surface area contributed by atoms with Crippen LogP contribution in [0.3, 0.4) is 0 Å². The summed E-state index contributed by atoms with van der Waals surface area (Å²) in [5.41, 5.74) is 0.439. The van der Waals surface area contributed by atoms with E-state index in [1.807, 2.05) is 11.9 Å². The number of ether oxygens (including phenoxy) is 1. The summed E-state index contributed by atoms with van der Waals surface area (Å²) >= 11 is 0. The average molecular weight is 390 g/mol. The molecule has 24 heavy (non-hydrogen) atoms. The highest BCUT2D eigenvalue weighted by Gasteiger charge is 2.30. The van der Waals surface area contributed by atoms with Gasteiger partial charge < -0.3 is 15.0 Å². The number of benzene rings is 1. The molecule has 1 aromatic rings. The van der Waals surface area contributed by atoms with Gasteiger partial charge in [0.25, 0.3) is 0 Å². The molecule has 1 aromatic carbocycles. The molecule has 0 aliphatic carbocycles. The Hall–Kier alpha value is -1.22. The van der Waals surface area contributed by atoms with Crippen molar-refractivity contribution in [2.45, 2.75) is 6.36 Å². The molecule has 1 fully saturated rings. The first-order valence-electron chi connectivity index (χ1n) is 6.88. The lowest BCUT2D eigenvalue weighted by Gasteiger charge is -2.31. The molecule has 0 aromatic heterocycles. The molecular formula is C14H20Cl2F3N3O2. The fraction of sp³-hybridized carbons (Fsp3) is 0.500. The molecule has 1 aliphatic heterocycles. The van der Waals surface area contributed by atoms with E-state index < -0.39 is 6.36 Å². The first kappa shape index (κ1) is 22.8. The van der Waals surface area contributed by atoms with Crippen molar-refractivity contribution in [3.63, 3.8) is 0 Å². The van der Waals surface area contributed by atoms with Crippen LogP contribution in [0.25, 0.3) is 0 Å². The molecule has 5 nitrogen and oxygen atoms in total. The molecule has 2 rings (SSSR count). The number of nitrogens with zero attached hydrogens (tertiary/aromatic N) is 2. The number of anilines is 1. The zero-order valence-electron chi connectivity index (χ0n) is 13.0. The Labute approximate surface area is 150 Å². The summed E-state index contributed by atoms with van der Waals surface area (Å²) in [4.78, 5) is 16.1. The maximum absolute atomic E-state index is 12.0. The molecule has 0 unspecified atom stereocenters. The third kappa shape index (κ3) is 8.05. The van der Waals surface area contributed by atoms with Crippen molar-refractivity contribution in [1.82, 2.24) is 9.80 Å². The summed E-state index contributed by atoms with van der Waals surface area (Å²) < 4.78 is 39.9. The van der Waals surface area contributed by atoms with Crippen molar-refractivity contribution in [2.75, 3.05) is 45.1 Å².